The maximum Gasteiger partial charge on any atom is 0.233 e. The van der Waals surface area contributed by atoms with E-state index in [0.717, 1.165) is 5.56 Å². The normalized spacial score (nSPS) is 22.6. The first-order chi connectivity index (χ1) is 11.6. The highest BCUT2D eigenvalue weighted by atomic mass is 16.2. The van der Waals surface area contributed by atoms with Crippen LogP contribution in [0.3, 0.4) is 0 Å². The third kappa shape index (κ3) is 3.40. The molecule has 0 aromatic heterocycles. The summed E-state index contributed by atoms with van der Waals surface area (Å²) in [6.07, 6.45) is 5.33. The van der Waals surface area contributed by atoms with Crippen molar-refractivity contribution in [1.82, 2.24) is 10.2 Å². The van der Waals surface area contributed by atoms with E-state index in [4.69, 9.17) is 0 Å². The molecule has 1 heterocycles. The Morgan fingerprint density at radius 2 is 1.67 bits per heavy atom. The molecule has 5 heteroatoms. The molecular weight excluding hydrogens is 304 g/mol. The molecule has 0 radical (unpaired) electrons. The van der Waals surface area contributed by atoms with Crippen LogP contribution in [0.4, 0.5) is 0 Å². The number of carbonyl (C=O) groups excluding carboxylic acids is 3. The van der Waals surface area contributed by atoms with Crippen molar-refractivity contribution in [1.29, 1.82) is 0 Å². The fourth-order valence-electron chi connectivity index (χ4n) is 3.30. The zero-order valence-corrected chi connectivity index (χ0v) is 13.8. The Morgan fingerprint density at radius 1 is 1.08 bits per heavy atom. The number of rotatable bonds is 5. The predicted octanol–water partition coefficient (Wildman–Crippen LogP) is 1.95. The number of fused-ring (bicyclic) bond motifs is 1. The first-order valence-corrected chi connectivity index (χ1v) is 8.38. The molecule has 1 aromatic carbocycles. The number of allylic oxidation sites excluding steroid dienone is 2. The lowest BCUT2D eigenvalue weighted by molar-refractivity contribution is -0.140. The number of imide groups is 1. The number of amides is 3. The summed E-state index contributed by atoms with van der Waals surface area (Å²) in [5.74, 6) is -0.846. The van der Waals surface area contributed by atoms with Gasteiger partial charge in [-0.3, -0.25) is 19.3 Å². The van der Waals surface area contributed by atoms with E-state index in [1.165, 1.54) is 10.5 Å². The number of hydrogen-bond acceptors (Lipinski definition) is 3. The Morgan fingerprint density at radius 3 is 2.25 bits per heavy atom. The second-order valence-electron chi connectivity index (χ2n) is 6.50. The largest absolute Gasteiger partial charge is 0.352 e. The molecule has 1 aliphatic heterocycles. The fraction of sp³-hybridized carbons (Fsp3) is 0.421. The lowest BCUT2D eigenvalue weighted by atomic mass is 9.85. The highest BCUT2D eigenvalue weighted by Crippen LogP contribution is 2.34. The van der Waals surface area contributed by atoms with Gasteiger partial charge < -0.3 is 5.32 Å². The van der Waals surface area contributed by atoms with Crippen LogP contribution < -0.4 is 5.32 Å². The molecule has 5 nitrogen and oxygen atoms in total. The maximum absolute atomic E-state index is 12.3. The Labute approximate surface area is 141 Å². The monoisotopic (exact) mass is 326 g/mol. The van der Waals surface area contributed by atoms with E-state index in [2.05, 4.69) is 5.32 Å². The van der Waals surface area contributed by atoms with Gasteiger partial charge >= 0.3 is 0 Å². The minimum Gasteiger partial charge on any atom is -0.352 e. The van der Waals surface area contributed by atoms with Crippen molar-refractivity contribution >= 4 is 17.7 Å². The number of aryl methyl sites for hydroxylation is 1. The molecule has 1 saturated heterocycles. The van der Waals surface area contributed by atoms with Crippen molar-refractivity contribution in [2.75, 3.05) is 6.54 Å². The molecule has 2 aliphatic rings. The maximum atomic E-state index is 12.3. The number of nitrogens with one attached hydrogen (secondary N) is 1. The van der Waals surface area contributed by atoms with Crippen molar-refractivity contribution in [3.63, 3.8) is 0 Å². The molecule has 3 rings (SSSR count). The average Bonchev–Trinajstić information content (AvgIpc) is 2.84. The van der Waals surface area contributed by atoms with Gasteiger partial charge in [0.2, 0.25) is 17.7 Å². The molecule has 126 valence electrons. The second kappa shape index (κ2) is 6.99. The van der Waals surface area contributed by atoms with E-state index in [0.29, 0.717) is 19.4 Å². The first-order valence-electron chi connectivity index (χ1n) is 8.38. The summed E-state index contributed by atoms with van der Waals surface area (Å²) in [7, 11) is 0. The van der Waals surface area contributed by atoms with E-state index in [-0.39, 0.29) is 42.5 Å². The van der Waals surface area contributed by atoms with Gasteiger partial charge in [0.05, 0.1) is 11.8 Å². The minimum absolute atomic E-state index is 0.124. The first kappa shape index (κ1) is 16.4. The van der Waals surface area contributed by atoms with Gasteiger partial charge in [-0.25, -0.2) is 0 Å². The number of likely N-dealkylation sites (tertiary alicyclic amines) is 1. The van der Waals surface area contributed by atoms with Gasteiger partial charge in [-0.15, -0.1) is 0 Å². The Kier molecular flexibility index (Phi) is 4.79. The summed E-state index contributed by atoms with van der Waals surface area (Å²) < 4.78 is 0. The Hall–Kier alpha value is -2.43. The topological polar surface area (TPSA) is 66.5 Å². The van der Waals surface area contributed by atoms with Crippen molar-refractivity contribution in [2.45, 2.75) is 32.7 Å². The van der Waals surface area contributed by atoms with Gasteiger partial charge in [0.15, 0.2) is 0 Å². The summed E-state index contributed by atoms with van der Waals surface area (Å²) in [5.41, 5.74) is 2.20. The Balaban J connectivity index is 1.48. The molecule has 1 aromatic rings. The smallest absolute Gasteiger partial charge is 0.233 e. The summed E-state index contributed by atoms with van der Waals surface area (Å²) in [4.78, 5) is 37.9. The van der Waals surface area contributed by atoms with Crippen LogP contribution in [0.2, 0.25) is 0 Å². The molecule has 0 unspecified atom stereocenters. The highest BCUT2D eigenvalue weighted by molar-refractivity contribution is 6.05. The van der Waals surface area contributed by atoms with Gasteiger partial charge in [0.1, 0.15) is 0 Å². The number of carbonyl (C=O) groups is 3. The SMILES string of the molecule is Cc1ccc(CNC(=O)CCN2C(=O)[C@@H]3CC=CC[C@H]3C2=O)cc1. The lowest BCUT2D eigenvalue weighted by Crippen LogP contribution is -2.35. The van der Waals surface area contributed by atoms with Crippen LogP contribution in [0.1, 0.15) is 30.4 Å². The van der Waals surface area contributed by atoms with E-state index < -0.39 is 0 Å². The lowest BCUT2D eigenvalue weighted by Gasteiger charge is -2.14. The van der Waals surface area contributed by atoms with E-state index >= 15 is 0 Å². The Bertz CT molecular complexity index is 652. The predicted molar refractivity (Wildman–Crippen MR) is 89.7 cm³/mol. The van der Waals surface area contributed by atoms with Crippen LogP contribution in [0.5, 0.6) is 0 Å². The van der Waals surface area contributed by atoms with Crippen molar-refractivity contribution < 1.29 is 14.4 Å². The van der Waals surface area contributed by atoms with Crippen LogP contribution in [-0.4, -0.2) is 29.2 Å². The fourth-order valence-corrected chi connectivity index (χ4v) is 3.30. The molecule has 1 N–H and O–H groups in total. The molecule has 2 atom stereocenters. The van der Waals surface area contributed by atoms with Crippen molar-refractivity contribution in [3.05, 3.63) is 47.5 Å². The molecule has 0 saturated carbocycles. The highest BCUT2D eigenvalue weighted by Gasteiger charge is 2.46. The number of nitrogens with zero attached hydrogens (tertiary/aromatic N) is 1. The molecule has 3 amide bonds. The third-order valence-electron chi connectivity index (χ3n) is 4.77. The van der Waals surface area contributed by atoms with Crippen LogP contribution in [0.15, 0.2) is 36.4 Å². The van der Waals surface area contributed by atoms with E-state index in [1.54, 1.807) is 0 Å². The van der Waals surface area contributed by atoms with Gasteiger partial charge in [-0.05, 0) is 25.3 Å². The summed E-state index contributed by atoms with van der Waals surface area (Å²) >= 11 is 0. The van der Waals surface area contributed by atoms with Gasteiger partial charge in [-0.1, -0.05) is 42.0 Å². The standard InChI is InChI=1S/C19H22N2O3/c1-13-6-8-14(9-7-13)12-20-17(22)10-11-21-18(23)15-4-2-3-5-16(15)19(21)24/h2-3,6-9,15-16H,4-5,10-12H2,1H3,(H,20,22)/t15-,16-/m1/s1. The number of hydrogen-bond donors (Lipinski definition) is 1. The molecule has 0 bridgehead atoms. The summed E-state index contributed by atoms with van der Waals surface area (Å²) in [6, 6.07) is 7.94. The van der Waals surface area contributed by atoms with Crippen molar-refractivity contribution in [3.8, 4) is 0 Å². The average molecular weight is 326 g/mol. The molecule has 24 heavy (non-hydrogen) atoms. The summed E-state index contributed by atoms with van der Waals surface area (Å²) in [5, 5.41) is 2.83. The molecule has 1 aliphatic carbocycles. The van der Waals surface area contributed by atoms with Crippen LogP contribution in [0, 0.1) is 18.8 Å². The van der Waals surface area contributed by atoms with Gasteiger partial charge in [0.25, 0.3) is 0 Å². The third-order valence-corrected chi connectivity index (χ3v) is 4.77. The van der Waals surface area contributed by atoms with Crippen molar-refractivity contribution in [2.24, 2.45) is 11.8 Å². The molecular formula is C19H22N2O3. The summed E-state index contributed by atoms with van der Waals surface area (Å²) in [6.45, 7) is 2.64. The molecule has 1 fully saturated rings. The van der Waals surface area contributed by atoms with E-state index in [9.17, 15) is 14.4 Å². The van der Waals surface area contributed by atoms with Gasteiger partial charge in [0, 0.05) is 19.5 Å². The van der Waals surface area contributed by atoms with Crippen LogP contribution in [0.25, 0.3) is 0 Å². The van der Waals surface area contributed by atoms with Gasteiger partial charge in [-0.2, -0.15) is 0 Å². The van der Waals surface area contributed by atoms with E-state index in [1.807, 2.05) is 43.3 Å². The van der Waals surface area contributed by atoms with Crippen LogP contribution in [-0.2, 0) is 20.9 Å². The number of benzene rings is 1. The zero-order chi connectivity index (χ0) is 17.1. The minimum atomic E-state index is -0.224. The zero-order valence-electron chi connectivity index (χ0n) is 13.8. The molecule has 0 spiro atoms. The van der Waals surface area contributed by atoms with Crippen LogP contribution >= 0.6 is 0 Å². The quantitative estimate of drug-likeness (QED) is 0.664. The second-order valence-corrected chi connectivity index (χ2v) is 6.50.